The van der Waals surface area contributed by atoms with E-state index in [0.717, 1.165) is 17.3 Å². The normalized spacial score (nSPS) is 10.9. The van der Waals surface area contributed by atoms with Crippen molar-refractivity contribution in [2.24, 2.45) is 0 Å². The van der Waals surface area contributed by atoms with Crippen molar-refractivity contribution < 1.29 is 4.79 Å². The number of pyridine rings is 1. The molecule has 0 atom stereocenters. The zero-order valence-corrected chi connectivity index (χ0v) is 10.4. The lowest BCUT2D eigenvalue weighted by Gasteiger charge is -2.06. The van der Waals surface area contributed by atoms with Crippen LogP contribution in [-0.2, 0) is 0 Å². The fourth-order valence-electron chi connectivity index (χ4n) is 1.83. The number of amides is 1. The van der Waals surface area contributed by atoms with Crippen molar-refractivity contribution in [3.8, 4) is 0 Å². The molecule has 2 rings (SSSR count). The highest BCUT2D eigenvalue weighted by atomic mass is 16.1. The molecule has 0 fully saturated rings. The molecule has 1 N–H and O–H groups in total. The molecule has 3 nitrogen and oxygen atoms in total. The second-order valence-corrected chi connectivity index (χ2v) is 3.99. The number of carbonyl (C=O) groups excluding carboxylic acids is 1. The van der Waals surface area contributed by atoms with Gasteiger partial charge in [-0.15, -0.1) is 0 Å². The molecule has 1 aromatic carbocycles. The van der Waals surface area contributed by atoms with Gasteiger partial charge in [0, 0.05) is 23.7 Å². The molecular weight excluding hydrogens is 224 g/mol. The third-order valence-electron chi connectivity index (χ3n) is 2.72. The van der Waals surface area contributed by atoms with Gasteiger partial charge < -0.3 is 5.32 Å². The van der Waals surface area contributed by atoms with E-state index < -0.39 is 0 Å². The summed E-state index contributed by atoms with van der Waals surface area (Å²) in [5, 5.41) is 3.80. The Morgan fingerprint density at radius 3 is 3.06 bits per heavy atom. The van der Waals surface area contributed by atoms with Crippen LogP contribution in [0.15, 0.2) is 48.7 Å². The van der Waals surface area contributed by atoms with Crippen molar-refractivity contribution in [3.05, 3.63) is 54.2 Å². The monoisotopic (exact) mass is 240 g/mol. The average molecular weight is 240 g/mol. The van der Waals surface area contributed by atoms with E-state index >= 15 is 0 Å². The van der Waals surface area contributed by atoms with E-state index in [1.54, 1.807) is 6.20 Å². The van der Waals surface area contributed by atoms with Crippen molar-refractivity contribution in [2.75, 3.05) is 6.54 Å². The molecule has 0 unspecified atom stereocenters. The average Bonchev–Trinajstić information content (AvgIpc) is 2.43. The zero-order valence-electron chi connectivity index (χ0n) is 10.4. The van der Waals surface area contributed by atoms with Crippen LogP contribution in [0, 0.1) is 0 Å². The lowest BCUT2D eigenvalue weighted by atomic mass is 10.1. The molecule has 0 radical (unpaired) electrons. The highest BCUT2D eigenvalue weighted by Gasteiger charge is 2.08. The van der Waals surface area contributed by atoms with Crippen LogP contribution in [0.2, 0.25) is 0 Å². The third kappa shape index (κ3) is 2.74. The quantitative estimate of drug-likeness (QED) is 0.659. The van der Waals surface area contributed by atoms with Gasteiger partial charge in [0.1, 0.15) is 0 Å². The second-order valence-electron chi connectivity index (χ2n) is 3.99. The van der Waals surface area contributed by atoms with E-state index in [9.17, 15) is 4.79 Å². The number of fused-ring (bicyclic) bond motifs is 1. The number of hydrogen-bond acceptors (Lipinski definition) is 2. The van der Waals surface area contributed by atoms with Gasteiger partial charge in [0.15, 0.2) is 0 Å². The van der Waals surface area contributed by atoms with Gasteiger partial charge in [0.2, 0.25) is 0 Å². The van der Waals surface area contributed by atoms with Crippen molar-refractivity contribution in [1.82, 2.24) is 10.3 Å². The first-order chi connectivity index (χ1) is 8.83. The molecule has 1 amide bonds. The van der Waals surface area contributed by atoms with E-state index in [1.165, 1.54) is 0 Å². The standard InChI is InChI=1S/C15H16N2O/c1-2-3-4-10-17-15(18)13-7-5-9-14-12(13)8-6-11-16-14/h2-3,5-9,11H,4,10H2,1H3,(H,17,18)/b3-2+. The van der Waals surface area contributed by atoms with Crippen molar-refractivity contribution >= 4 is 16.8 Å². The van der Waals surface area contributed by atoms with E-state index in [0.29, 0.717) is 12.1 Å². The summed E-state index contributed by atoms with van der Waals surface area (Å²) in [6.45, 7) is 2.62. The fraction of sp³-hybridized carbons (Fsp3) is 0.200. The van der Waals surface area contributed by atoms with Crippen LogP contribution in [0.25, 0.3) is 10.9 Å². The minimum Gasteiger partial charge on any atom is -0.352 e. The molecule has 92 valence electrons. The minimum atomic E-state index is -0.0434. The van der Waals surface area contributed by atoms with Gasteiger partial charge in [-0.05, 0) is 31.5 Å². The maximum atomic E-state index is 12.1. The van der Waals surface area contributed by atoms with Crippen LogP contribution in [0.1, 0.15) is 23.7 Å². The lowest BCUT2D eigenvalue weighted by Crippen LogP contribution is -2.24. The second kappa shape index (κ2) is 5.96. The predicted octanol–water partition coefficient (Wildman–Crippen LogP) is 2.93. The summed E-state index contributed by atoms with van der Waals surface area (Å²) >= 11 is 0. The number of carbonyl (C=O) groups is 1. The van der Waals surface area contributed by atoms with Gasteiger partial charge in [-0.25, -0.2) is 0 Å². The highest BCUT2D eigenvalue weighted by molar-refractivity contribution is 6.06. The molecule has 2 aromatic rings. The first-order valence-corrected chi connectivity index (χ1v) is 6.06. The van der Waals surface area contributed by atoms with Crippen LogP contribution in [-0.4, -0.2) is 17.4 Å². The largest absolute Gasteiger partial charge is 0.352 e. The number of hydrogen-bond donors (Lipinski definition) is 1. The summed E-state index contributed by atoms with van der Waals surface area (Å²) in [6.07, 6.45) is 6.60. The van der Waals surface area contributed by atoms with E-state index in [1.807, 2.05) is 49.4 Å². The molecule has 0 bridgehead atoms. The molecule has 0 aliphatic heterocycles. The number of benzene rings is 1. The summed E-state index contributed by atoms with van der Waals surface area (Å²) in [5.41, 5.74) is 1.53. The fourth-order valence-corrected chi connectivity index (χ4v) is 1.83. The maximum Gasteiger partial charge on any atom is 0.251 e. The third-order valence-corrected chi connectivity index (χ3v) is 2.72. The van der Waals surface area contributed by atoms with Crippen LogP contribution < -0.4 is 5.32 Å². The molecule has 0 aliphatic carbocycles. The summed E-state index contributed by atoms with van der Waals surface area (Å²) in [7, 11) is 0. The molecule has 18 heavy (non-hydrogen) atoms. The first kappa shape index (κ1) is 12.3. The molecule has 1 aromatic heterocycles. The van der Waals surface area contributed by atoms with Gasteiger partial charge in [0.25, 0.3) is 5.91 Å². The van der Waals surface area contributed by atoms with Crippen LogP contribution in [0.3, 0.4) is 0 Å². The van der Waals surface area contributed by atoms with Gasteiger partial charge in [-0.2, -0.15) is 0 Å². The Hall–Kier alpha value is -2.16. The summed E-state index contributed by atoms with van der Waals surface area (Å²) in [4.78, 5) is 16.3. The Morgan fingerprint density at radius 2 is 2.22 bits per heavy atom. The van der Waals surface area contributed by atoms with Crippen molar-refractivity contribution in [1.29, 1.82) is 0 Å². The molecule has 0 saturated carbocycles. The number of aromatic nitrogens is 1. The first-order valence-electron chi connectivity index (χ1n) is 6.06. The van der Waals surface area contributed by atoms with E-state index in [4.69, 9.17) is 0 Å². The Kier molecular flexibility index (Phi) is 4.07. The minimum absolute atomic E-state index is 0.0434. The molecule has 1 heterocycles. The number of rotatable bonds is 4. The Bertz CT molecular complexity index is 570. The number of nitrogens with zero attached hydrogens (tertiary/aromatic N) is 1. The topological polar surface area (TPSA) is 42.0 Å². The van der Waals surface area contributed by atoms with Gasteiger partial charge >= 0.3 is 0 Å². The lowest BCUT2D eigenvalue weighted by molar-refractivity contribution is 0.0956. The molecule has 3 heteroatoms. The maximum absolute atomic E-state index is 12.1. The highest BCUT2D eigenvalue weighted by Crippen LogP contribution is 2.16. The summed E-state index contributed by atoms with van der Waals surface area (Å²) < 4.78 is 0. The van der Waals surface area contributed by atoms with E-state index in [2.05, 4.69) is 10.3 Å². The van der Waals surface area contributed by atoms with Gasteiger partial charge in [-0.3, -0.25) is 9.78 Å². The molecule has 0 aliphatic rings. The zero-order chi connectivity index (χ0) is 12.8. The van der Waals surface area contributed by atoms with Gasteiger partial charge in [0.05, 0.1) is 5.52 Å². The van der Waals surface area contributed by atoms with Crippen molar-refractivity contribution in [2.45, 2.75) is 13.3 Å². The van der Waals surface area contributed by atoms with Crippen LogP contribution >= 0.6 is 0 Å². The SMILES string of the molecule is C/C=C/CCNC(=O)c1cccc2ncccc12. The Balaban J connectivity index is 2.17. The summed E-state index contributed by atoms with van der Waals surface area (Å²) in [6, 6.07) is 9.36. The van der Waals surface area contributed by atoms with Crippen LogP contribution in [0.5, 0.6) is 0 Å². The molecular formula is C15H16N2O. The predicted molar refractivity (Wildman–Crippen MR) is 73.5 cm³/mol. The smallest absolute Gasteiger partial charge is 0.251 e. The Labute approximate surface area is 107 Å². The summed E-state index contributed by atoms with van der Waals surface area (Å²) in [5.74, 6) is -0.0434. The van der Waals surface area contributed by atoms with Gasteiger partial charge in [-0.1, -0.05) is 24.3 Å². The Morgan fingerprint density at radius 1 is 1.33 bits per heavy atom. The number of nitrogens with one attached hydrogen (secondary N) is 1. The van der Waals surface area contributed by atoms with E-state index in [-0.39, 0.29) is 5.91 Å². The van der Waals surface area contributed by atoms with Crippen molar-refractivity contribution in [3.63, 3.8) is 0 Å². The van der Waals surface area contributed by atoms with Crippen LogP contribution in [0.4, 0.5) is 0 Å². The molecule has 0 spiro atoms. The molecule has 0 saturated heterocycles. The number of allylic oxidation sites excluding steroid dienone is 1.